The topological polar surface area (TPSA) is 49.3 Å². The number of piperidine rings is 1. The zero-order chi connectivity index (χ0) is 11.4. The van der Waals surface area contributed by atoms with E-state index in [1.807, 2.05) is 0 Å². The Hall–Kier alpha value is -1.35. The zero-order valence-electron chi connectivity index (χ0n) is 9.28. The molecule has 86 valence electrons. The van der Waals surface area contributed by atoms with Gasteiger partial charge in [0, 0.05) is 11.6 Å². The van der Waals surface area contributed by atoms with Gasteiger partial charge in [0.05, 0.1) is 0 Å². The largest absolute Gasteiger partial charge is 0.508 e. The van der Waals surface area contributed by atoms with Crippen LogP contribution in [0.4, 0.5) is 0 Å². The number of benzene rings is 1. The highest BCUT2D eigenvalue weighted by Crippen LogP contribution is 2.19. The first kappa shape index (κ1) is 11.1. The summed E-state index contributed by atoms with van der Waals surface area (Å²) in [5.41, 5.74) is 1.62. The number of phenolic OH excluding ortho intramolecular Hbond substituents is 1. The average Bonchev–Trinajstić information content (AvgIpc) is 2.31. The molecule has 1 aliphatic heterocycles. The monoisotopic (exact) mass is 219 g/mol. The van der Waals surface area contributed by atoms with Crippen molar-refractivity contribution in [2.45, 2.75) is 31.7 Å². The first-order chi connectivity index (χ1) is 7.79. The minimum Gasteiger partial charge on any atom is -0.508 e. The van der Waals surface area contributed by atoms with E-state index in [1.165, 1.54) is 12.8 Å². The molecule has 0 aromatic heterocycles. The lowest BCUT2D eigenvalue weighted by atomic mass is 9.95. The van der Waals surface area contributed by atoms with Crippen molar-refractivity contribution in [3.63, 3.8) is 0 Å². The van der Waals surface area contributed by atoms with Gasteiger partial charge in [-0.15, -0.1) is 0 Å². The summed E-state index contributed by atoms with van der Waals surface area (Å²) in [5.74, 6) is 0.233. The molecule has 1 aromatic rings. The molecule has 0 bridgehead atoms. The summed E-state index contributed by atoms with van der Waals surface area (Å²) in [4.78, 5) is 10.9. The number of hydrogen-bond donors (Lipinski definition) is 2. The van der Waals surface area contributed by atoms with Crippen molar-refractivity contribution in [1.82, 2.24) is 5.32 Å². The maximum absolute atomic E-state index is 10.9. The minimum atomic E-state index is 0.233. The van der Waals surface area contributed by atoms with Crippen molar-refractivity contribution >= 4 is 6.29 Å². The van der Waals surface area contributed by atoms with Crippen LogP contribution in [0.25, 0.3) is 0 Å². The number of carbonyl (C=O) groups excluding carboxylic acids is 1. The van der Waals surface area contributed by atoms with Gasteiger partial charge < -0.3 is 10.4 Å². The van der Waals surface area contributed by atoms with Gasteiger partial charge in [-0.3, -0.25) is 4.79 Å². The number of hydrogen-bond acceptors (Lipinski definition) is 3. The molecule has 0 radical (unpaired) electrons. The summed E-state index contributed by atoms with van der Waals surface area (Å²) in [6.45, 7) is 1.06. The fourth-order valence-electron chi connectivity index (χ4n) is 2.25. The second-order valence-electron chi connectivity index (χ2n) is 4.35. The van der Waals surface area contributed by atoms with Gasteiger partial charge >= 0.3 is 0 Å². The third kappa shape index (κ3) is 2.61. The van der Waals surface area contributed by atoms with E-state index in [2.05, 4.69) is 5.32 Å². The molecule has 1 heterocycles. The molecule has 2 N–H and O–H groups in total. The number of carbonyl (C=O) groups is 1. The van der Waals surface area contributed by atoms with Crippen LogP contribution in [0, 0.1) is 0 Å². The van der Waals surface area contributed by atoms with Crippen molar-refractivity contribution in [1.29, 1.82) is 0 Å². The zero-order valence-corrected chi connectivity index (χ0v) is 9.28. The van der Waals surface area contributed by atoms with E-state index in [1.54, 1.807) is 18.2 Å². The molecule has 2 rings (SSSR count). The van der Waals surface area contributed by atoms with Gasteiger partial charge in [-0.05, 0) is 49.6 Å². The molecule has 0 aliphatic carbocycles. The summed E-state index contributed by atoms with van der Waals surface area (Å²) < 4.78 is 0. The van der Waals surface area contributed by atoms with E-state index in [0.717, 1.165) is 31.2 Å². The second-order valence-corrected chi connectivity index (χ2v) is 4.35. The molecule has 0 amide bonds. The van der Waals surface area contributed by atoms with Gasteiger partial charge in [0.1, 0.15) is 12.0 Å². The highest BCUT2D eigenvalue weighted by molar-refractivity contribution is 5.77. The van der Waals surface area contributed by atoms with E-state index >= 15 is 0 Å². The standard InChI is InChI=1S/C13H17NO2/c15-9-10-4-5-13(16)8-11(10)7-12-3-1-2-6-14-12/h4-5,8-9,12,14,16H,1-3,6-7H2. The number of aromatic hydroxyl groups is 1. The van der Waals surface area contributed by atoms with Crippen molar-refractivity contribution in [3.05, 3.63) is 29.3 Å². The average molecular weight is 219 g/mol. The quantitative estimate of drug-likeness (QED) is 0.763. The molecule has 1 unspecified atom stereocenters. The van der Waals surface area contributed by atoms with E-state index < -0.39 is 0 Å². The SMILES string of the molecule is O=Cc1ccc(O)cc1CC1CCCCN1. The first-order valence-corrected chi connectivity index (χ1v) is 5.80. The van der Waals surface area contributed by atoms with Crippen LogP contribution in [0.5, 0.6) is 5.75 Å². The summed E-state index contributed by atoms with van der Waals surface area (Å²) in [6.07, 6.45) is 5.30. The molecule has 1 atom stereocenters. The van der Waals surface area contributed by atoms with Gasteiger partial charge in [-0.1, -0.05) is 6.42 Å². The Bertz CT molecular complexity index is 370. The Morgan fingerprint density at radius 2 is 2.31 bits per heavy atom. The van der Waals surface area contributed by atoms with E-state index in [4.69, 9.17) is 0 Å². The smallest absolute Gasteiger partial charge is 0.150 e. The lowest BCUT2D eigenvalue weighted by Gasteiger charge is -2.23. The van der Waals surface area contributed by atoms with Crippen LogP contribution < -0.4 is 5.32 Å². The highest BCUT2D eigenvalue weighted by Gasteiger charge is 2.15. The van der Waals surface area contributed by atoms with E-state index in [0.29, 0.717) is 11.6 Å². The number of aldehydes is 1. The van der Waals surface area contributed by atoms with Gasteiger partial charge in [-0.2, -0.15) is 0 Å². The number of phenols is 1. The molecular formula is C13H17NO2. The van der Waals surface area contributed by atoms with E-state index in [9.17, 15) is 9.90 Å². The Labute approximate surface area is 95.5 Å². The summed E-state index contributed by atoms with van der Waals surface area (Å²) in [7, 11) is 0. The summed E-state index contributed by atoms with van der Waals surface area (Å²) >= 11 is 0. The van der Waals surface area contributed by atoms with Crippen molar-refractivity contribution in [3.8, 4) is 5.75 Å². The molecule has 1 aromatic carbocycles. The number of rotatable bonds is 3. The third-order valence-corrected chi connectivity index (χ3v) is 3.13. The lowest BCUT2D eigenvalue weighted by molar-refractivity contribution is 0.112. The van der Waals surface area contributed by atoms with Crippen LogP contribution >= 0.6 is 0 Å². The second kappa shape index (κ2) is 5.12. The Morgan fingerprint density at radius 1 is 1.44 bits per heavy atom. The molecule has 16 heavy (non-hydrogen) atoms. The van der Waals surface area contributed by atoms with Crippen LogP contribution in [0.2, 0.25) is 0 Å². The van der Waals surface area contributed by atoms with Gasteiger partial charge in [0.25, 0.3) is 0 Å². The fraction of sp³-hybridized carbons (Fsp3) is 0.462. The molecular weight excluding hydrogens is 202 g/mol. The van der Waals surface area contributed by atoms with E-state index in [-0.39, 0.29) is 5.75 Å². The van der Waals surface area contributed by atoms with Crippen LogP contribution in [-0.4, -0.2) is 24.0 Å². The maximum atomic E-state index is 10.9. The molecule has 1 fully saturated rings. The Morgan fingerprint density at radius 3 is 3.00 bits per heavy atom. The number of nitrogens with one attached hydrogen (secondary N) is 1. The van der Waals surface area contributed by atoms with Crippen molar-refractivity contribution < 1.29 is 9.90 Å². The molecule has 3 heteroatoms. The molecule has 1 saturated heterocycles. The first-order valence-electron chi connectivity index (χ1n) is 5.80. The fourth-order valence-corrected chi connectivity index (χ4v) is 2.25. The third-order valence-electron chi connectivity index (χ3n) is 3.13. The van der Waals surface area contributed by atoms with Crippen molar-refractivity contribution in [2.24, 2.45) is 0 Å². The van der Waals surface area contributed by atoms with Gasteiger partial charge in [0.15, 0.2) is 0 Å². The van der Waals surface area contributed by atoms with Gasteiger partial charge in [-0.25, -0.2) is 0 Å². The Kier molecular flexibility index (Phi) is 3.57. The molecule has 0 spiro atoms. The molecule has 1 aliphatic rings. The van der Waals surface area contributed by atoms with Crippen LogP contribution in [0.1, 0.15) is 35.2 Å². The lowest BCUT2D eigenvalue weighted by Crippen LogP contribution is -2.35. The molecule has 0 saturated carbocycles. The Balaban J connectivity index is 2.12. The summed E-state index contributed by atoms with van der Waals surface area (Å²) in [5, 5.41) is 12.9. The minimum absolute atomic E-state index is 0.233. The van der Waals surface area contributed by atoms with Crippen LogP contribution in [0.15, 0.2) is 18.2 Å². The van der Waals surface area contributed by atoms with Gasteiger partial charge in [0.2, 0.25) is 0 Å². The predicted octanol–water partition coefficient (Wildman–Crippen LogP) is 1.89. The van der Waals surface area contributed by atoms with Crippen LogP contribution in [-0.2, 0) is 6.42 Å². The molecule has 3 nitrogen and oxygen atoms in total. The predicted molar refractivity (Wildman–Crippen MR) is 62.8 cm³/mol. The maximum Gasteiger partial charge on any atom is 0.150 e. The highest BCUT2D eigenvalue weighted by atomic mass is 16.3. The van der Waals surface area contributed by atoms with Crippen molar-refractivity contribution in [2.75, 3.05) is 6.54 Å². The normalized spacial score (nSPS) is 20.6. The van der Waals surface area contributed by atoms with Crippen LogP contribution in [0.3, 0.4) is 0 Å². The summed E-state index contributed by atoms with van der Waals surface area (Å²) in [6, 6.07) is 5.37.